The van der Waals surface area contributed by atoms with Gasteiger partial charge in [-0.1, -0.05) is 183 Å². The van der Waals surface area contributed by atoms with Gasteiger partial charge in [0.25, 0.3) is 0 Å². The molecule has 2 nitrogen and oxygen atoms in total. The molecule has 0 aliphatic heterocycles. The lowest BCUT2D eigenvalue weighted by molar-refractivity contribution is 0.669. The molecule has 0 unspecified atom stereocenters. The molecule has 2 heterocycles. The van der Waals surface area contributed by atoms with Gasteiger partial charge in [0.15, 0.2) is 0 Å². The fourth-order valence-corrected chi connectivity index (χ4v) is 11.1. The molecule has 0 aliphatic rings. The SMILES string of the molecule is C=C(N=C(/C(C)=C(\C)c1cccc2oc3cccc(-c4cccc5c4sc4ccccc45)c3c12)c1ccc(-c2ccccc2)cc1)c1ccc2c3ccccc3c3ccccc3c2c1. The second-order valence-corrected chi connectivity index (χ2v) is 17.7. The van der Waals surface area contributed by atoms with E-state index >= 15 is 0 Å². The van der Waals surface area contributed by atoms with Crippen LogP contribution >= 0.6 is 11.3 Å². The van der Waals surface area contributed by atoms with E-state index in [0.717, 1.165) is 61.1 Å². The zero-order valence-electron chi connectivity index (χ0n) is 35.5. The van der Waals surface area contributed by atoms with Gasteiger partial charge in [-0.15, -0.1) is 11.3 Å². The van der Waals surface area contributed by atoms with Crippen molar-refractivity contribution >= 4 is 103 Å². The number of hydrogen-bond acceptors (Lipinski definition) is 3. The van der Waals surface area contributed by atoms with Crippen molar-refractivity contribution in [3.63, 3.8) is 0 Å². The van der Waals surface area contributed by atoms with Gasteiger partial charge in [0, 0.05) is 47.6 Å². The van der Waals surface area contributed by atoms with Crippen molar-refractivity contribution in [2.45, 2.75) is 13.8 Å². The lowest BCUT2D eigenvalue weighted by atomic mass is 9.90. The third-order valence-corrected chi connectivity index (χ3v) is 14.3. The van der Waals surface area contributed by atoms with Crippen LogP contribution in [0.5, 0.6) is 0 Å². The molecular weight excluding hydrogens is 795 g/mol. The van der Waals surface area contributed by atoms with Crippen LogP contribution in [0.15, 0.2) is 222 Å². The molecule has 0 aliphatic carbocycles. The Balaban J connectivity index is 1.05. The van der Waals surface area contributed by atoms with Gasteiger partial charge in [0.2, 0.25) is 0 Å². The smallest absolute Gasteiger partial charge is 0.136 e. The zero-order valence-corrected chi connectivity index (χ0v) is 36.3. The normalized spacial score (nSPS) is 12.6. The van der Waals surface area contributed by atoms with Crippen molar-refractivity contribution in [3.8, 4) is 22.3 Å². The van der Waals surface area contributed by atoms with Crippen molar-refractivity contribution in [2.24, 2.45) is 4.99 Å². The molecule has 302 valence electrons. The molecule has 0 radical (unpaired) electrons. The van der Waals surface area contributed by atoms with E-state index in [9.17, 15) is 0 Å². The zero-order chi connectivity index (χ0) is 42.9. The van der Waals surface area contributed by atoms with Gasteiger partial charge >= 0.3 is 0 Å². The van der Waals surface area contributed by atoms with Gasteiger partial charge < -0.3 is 4.42 Å². The molecule has 0 saturated heterocycles. The fourth-order valence-electron chi connectivity index (χ4n) is 9.85. The first kappa shape index (κ1) is 37.9. The van der Waals surface area contributed by atoms with Gasteiger partial charge in [0.05, 0.1) is 11.4 Å². The summed E-state index contributed by atoms with van der Waals surface area (Å²) < 4.78 is 9.28. The molecule has 10 aromatic carbocycles. The van der Waals surface area contributed by atoms with Crippen molar-refractivity contribution in [2.75, 3.05) is 0 Å². The van der Waals surface area contributed by atoms with E-state index in [2.05, 4.69) is 221 Å². The summed E-state index contributed by atoms with van der Waals surface area (Å²) in [6.07, 6.45) is 0. The van der Waals surface area contributed by atoms with E-state index in [4.69, 9.17) is 9.41 Å². The maximum Gasteiger partial charge on any atom is 0.136 e. The van der Waals surface area contributed by atoms with Crippen LogP contribution in [0.1, 0.15) is 30.5 Å². The first-order chi connectivity index (χ1) is 31.5. The van der Waals surface area contributed by atoms with E-state index in [-0.39, 0.29) is 0 Å². The van der Waals surface area contributed by atoms with Crippen LogP contribution in [0, 0.1) is 0 Å². The summed E-state index contributed by atoms with van der Waals surface area (Å²) in [5.41, 5.74) is 13.4. The van der Waals surface area contributed by atoms with Gasteiger partial charge in [-0.2, -0.15) is 0 Å². The predicted molar refractivity (Wildman–Crippen MR) is 277 cm³/mol. The number of benzene rings is 10. The van der Waals surface area contributed by atoms with Crippen LogP contribution in [0.4, 0.5) is 0 Å². The molecule has 0 atom stereocenters. The van der Waals surface area contributed by atoms with Crippen LogP contribution < -0.4 is 0 Å². The molecule has 0 saturated carbocycles. The highest BCUT2D eigenvalue weighted by atomic mass is 32.1. The first-order valence-corrected chi connectivity index (χ1v) is 22.6. The molecule has 0 bridgehead atoms. The molecule has 12 aromatic rings. The number of fused-ring (bicyclic) bond motifs is 12. The van der Waals surface area contributed by atoms with Gasteiger partial charge in [-0.05, 0) is 104 Å². The monoisotopic (exact) mass is 835 g/mol. The molecule has 0 amide bonds. The molecule has 0 N–H and O–H groups in total. The quantitative estimate of drug-likeness (QED) is 0.116. The Morgan fingerprint density at radius 2 is 1.00 bits per heavy atom. The van der Waals surface area contributed by atoms with E-state index in [1.54, 1.807) is 0 Å². The minimum Gasteiger partial charge on any atom is -0.456 e. The van der Waals surface area contributed by atoms with Crippen LogP contribution in [0.3, 0.4) is 0 Å². The van der Waals surface area contributed by atoms with Crippen molar-refractivity contribution in [3.05, 3.63) is 229 Å². The molecule has 0 fully saturated rings. The van der Waals surface area contributed by atoms with Crippen LogP contribution in [0.2, 0.25) is 0 Å². The standard InChI is InChI=1S/C61H41NOS/c1-37(44-23-14-27-55-58(44)59-51(24-15-28-56(59)63-55)53-26-13-25-52-50-22-11-12-29-57(50)64-61(52)53)38(2)60(42-32-30-41(31-33-42)40-16-5-4-6-17-40)62-39(3)43-34-35-49-47-20-8-7-18-45(47)46-19-9-10-21-48(46)54(49)36-43/h4-36H,3H2,1-2H3/b38-37+,62-60?. The molecule has 64 heavy (non-hydrogen) atoms. The summed E-state index contributed by atoms with van der Waals surface area (Å²) in [7, 11) is 0. The van der Waals surface area contributed by atoms with E-state index in [1.165, 1.54) is 69.2 Å². The highest BCUT2D eigenvalue weighted by molar-refractivity contribution is 7.26. The molecule has 3 heteroatoms. The average molecular weight is 836 g/mol. The van der Waals surface area contributed by atoms with E-state index < -0.39 is 0 Å². The van der Waals surface area contributed by atoms with Crippen LogP contribution in [0.25, 0.3) is 108 Å². The Morgan fingerprint density at radius 1 is 0.453 bits per heavy atom. The summed E-state index contributed by atoms with van der Waals surface area (Å²) >= 11 is 1.86. The average Bonchev–Trinajstić information content (AvgIpc) is 3.94. The molecule has 0 spiro atoms. The van der Waals surface area contributed by atoms with E-state index in [0.29, 0.717) is 5.70 Å². The molecule has 12 rings (SSSR count). The third kappa shape index (κ3) is 6.12. The first-order valence-electron chi connectivity index (χ1n) is 21.8. The second kappa shape index (κ2) is 15.2. The Hall–Kier alpha value is -7.85. The second-order valence-electron chi connectivity index (χ2n) is 16.7. The third-order valence-electron chi connectivity index (χ3n) is 13.1. The number of rotatable bonds is 7. The lowest BCUT2D eigenvalue weighted by Gasteiger charge is -2.16. The Labute approximate surface area is 375 Å². The number of thiophene rings is 1. The Bertz CT molecular complexity index is 3880. The fraction of sp³-hybridized carbons (Fsp3) is 0.0328. The van der Waals surface area contributed by atoms with Gasteiger partial charge in [-0.3, -0.25) is 0 Å². The summed E-state index contributed by atoms with van der Waals surface area (Å²) in [6.45, 7) is 9.09. The topological polar surface area (TPSA) is 25.5 Å². The number of furan rings is 1. The van der Waals surface area contributed by atoms with Gasteiger partial charge in [-0.25, -0.2) is 4.99 Å². The number of allylic oxidation sites excluding steroid dienone is 2. The number of hydrogen-bond donors (Lipinski definition) is 0. The highest BCUT2D eigenvalue weighted by Crippen LogP contribution is 2.46. The van der Waals surface area contributed by atoms with Gasteiger partial charge in [0.1, 0.15) is 11.2 Å². The largest absolute Gasteiger partial charge is 0.456 e. The van der Waals surface area contributed by atoms with Crippen molar-refractivity contribution < 1.29 is 4.42 Å². The van der Waals surface area contributed by atoms with E-state index in [1.807, 2.05) is 11.3 Å². The van der Waals surface area contributed by atoms with Crippen LogP contribution in [-0.4, -0.2) is 5.71 Å². The summed E-state index contributed by atoms with van der Waals surface area (Å²) in [5, 5.41) is 12.2. The minimum atomic E-state index is 0.708. The lowest BCUT2D eigenvalue weighted by Crippen LogP contribution is -2.06. The molecular formula is C61H41NOS. The maximum atomic E-state index is 6.71. The Morgan fingerprint density at radius 3 is 1.73 bits per heavy atom. The van der Waals surface area contributed by atoms with Crippen molar-refractivity contribution in [1.82, 2.24) is 0 Å². The summed E-state index contributed by atoms with van der Waals surface area (Å²) in [4.78, 5) is 5.51. The van der Waals surface area contributed by atoms with Crippen molar-refractivity contribution in [1.29, 1.82) is 0 Å². The molecule has 2 aromatic heterocycles. The Kier molecular flexibility index (Phi) is 8.99. The minimum absolute atomic E-state index is 0.708. The number of aliphatic imine (C=N–C) groups is 1. The number of nitrogens with zero attached hydrogens (tertiary/aromatic N) is 1. The summed E-state index contributed by atoms with van der Waals surface area (Å²) in [5.74, 6) is 0. The summed E-state index contributed by atoms with van der Waals surface area (Å²) in [6, 6.07) is 71.7. The maximum absolute atomic E-state index is 6.71. The highest BCUT2D eigenvalue weighted by Gasteiger charge is 2.21. The van der Waals surface area contributed by atoms with Crippen LogP contribution in [-0.2, 0) is 0 Å². The predicted octanol–water partition coefficient (Wildman–Crippen LogP) is 17.7.